The lowest BCUT2D eigenvalue weighted by atomic mass is 9.74. The molecule has 0 aromatic rings. The molecule has 5 heterocycles. The first-order valence-corrected chi connectivity index (χ1v) is 41.9. The van der Waals surface area contributed by atoms with Gasteiger partial charge in [0, 0.05) is 5.92 Å². The van der Waals surface area contributed by atoms with Crippen LogP contribution in [0, 0.1) is 47.3 Å². The second-order valence-electron chi connectivity index (χ2n) is 29.3. The Labute approximate surface area is 507 Å². The Morgan fingerprint density at radius 2 is 0.519 bits per heavy atom. The fourth-order valence-corrected chi connectivity index (χ4v) is 28.6. The zero-order chi connectivity index (χ0) is 55.6. The molecule has 5 aliphatic heterocycles. The second kappa shape index (κ2) is 34.9. The van der Waals surface area contributed by atoms with Crippen LogP contribution < -0.4 is 42.5 Å². The molecule has 9 aliphatic rings. The van der Waals surface area contributed by atoms with Crippen LogP contribution in [0.4, 0.5) is 0 Å². The molecule has 18 atom stereocenters. The number of hydrogen-bond donors (Lipinski definition) is 8. The summed E-state index contributed by atoms with van der Waals surface area (Å²) in [7, 11) is -4.40. The van der Waals surface area contributed by atoms with E-state index in [1.54, 1.807) is 0 Å². The average molecular weight is 1180 g/mol. The minimum atomic E-state index is -2.25. The van der Waals surface area contributed by atoms with Crippen molar-refractivity contribution in [3.63, 3.8) is 0 Å². The number of hydrogen-bond acceptors (Lipinski definition) is 10. The summed E-state index contributed by atoms with van der Waals surface area (Å²) in [6.45, 7) is 14.4. The highest BCUT2D eigenvalue weighted by Gasteiger charge is 2.59. The van der Waals surface area contributed by atoms with Gasteiger partial charge in [0.2, 0.25) is 0 Å². The van der Waals surface area contributed by atoms with Gasteiger partial charge in [-0.05, 0) is 140 Å². The van der Waals surface area contributed by atoms with Gasteiger partial charge < -0.3 is 8.85 Å². The van der Waals surface area contributed by atoms with Crippen LogP contribution in [-0.4, -0.2) is 89.1 Å². The molecule has 472 valence electrons. The smallest absolute Gasteiger partial charge is 0.193 e. The van der Waals surface area contributed by atoms with Crippen LogP contribution in [0.15, 0.2) is 0 Å². The Hall–Kier alpha value is 0.251. The van der Waals surface area contributed by atoms with Crippen LogP contribution in [-0.2, 0) is 8.85 Å². The lowest BCUT2D eigenvalue weighted by Gasteiger charge is -2.50. The summed E-state index contributed by atoms with van der Waals surface area (Å²) in [6, 6.07) is 8.17. The summed E-state index contributed by atoms with van der Waals surface area (Å²) in [4.78, 5) is 0. The molecular formula is C68H136N8O2Si3. The Morgan fingerprint density at radius 1 is 0.272 bits per heavy atom. The molecule has 10 nitrogen and oxygen atoms in total. The molecule has 5 saturated heterocycles. The summed E-state index contributed by atoms with van der Waals surface area (Å²) in [5, 5.41) is 36.0. The van der Waals surface area contributed by atoms with Gasteiger partial charge in [0.05, 0.1) is 61.5 Å². The molecule has 0 amide bonds. The van der Waals surface area contributed by atoms with E-state index in [-0.39, 0.29) is 41.7 Å². The molecule has 8 N–H and O–H groups in total. The molecule has 0 aromatic heterocycles. The molecule has 9 rings (SSSR count). The zero-order valence-corrected chi connectivity index (χ0v) is 55.3. The largest absolute Gasteiger partial charge is 0.411 e. The van der Waals surface area contributed by atoms with E-state index in [2.05, 4.69) is 84.1 Å². The number of rotatable bonds is 34. The lowest BCUT2D eigenvalue weighted by Crippen LogP contribution is -2.62. The Bertz CT molecular complexity index is 1660. The summed E-state index contributed by atoms with van der Waals surface area (Å²) in [6.07, 6.45) is 53.8. The van der Waals surface area contributed by atoms with Crippen molar-refractivity contribution in [1.29, 1.82) is 0 Å². The van der Waals surface area contributed by atoms with Crippen LogP contribution >= 0.6 is 0 Å². The Morgan fingerprint density at radius 3 is 0.790 bits per heavy atom. The van der Waals surface area contributed by atoms with Crippen LogP contribution in [0.2, 0.25) is 36.3 Å². The number of unbranched alkanes of at least 4 members (excludes halogenated alkanes) is 18. The van der Waals surface area contributed by atoms with Gasteiger partial charge in [-0.1, -0.05) is 234 Å². The molecule has 8 bridgehead atoms. The first-order chi connectivity index (χ1) is 39.4. The van der Waals surface area contributed by atoms with Gasteiger partial charge in [0.1, 0.15) is 0 Å². The van der Waals surface area contributed by atoms with E-state index in [4.69, 9.17) is 8.85 Å². The van der Waals surface area contributed by atoms with E-state index < -0.39 is 16.6 Å². The fraction of sp³-hybridized carbons (Fsp3) is 1.00. The third kappa shape index (κ3) is 17.8. The first kappa shape index (κ1) is 67.2. The SMILES string of the molecule is CCCCCC[Si](CCCCCC)(CCCCCC)OC1CCC2C3NC4NC(NC5NC(NC6NC(NC(N3)C2C1O[Si](CCCCCC)(CCCCCC)CCCCCC)C1CCCCC61)C1CCCCC51)C1CCCCC41.[SiH4]. The summed E-state index contributed by atoms with van der Waals surface area (Å²) in [5.74, 6) is 4.86. The monoisotopic (exact) mass is 1180 g/mol. The predicted octanol–water partition coefficient (Wildman–Crippen LogP) is 14.5. The standard InChI is InChI=1S/C68H132N8O2Si2.H4Si/c1-7-13-19-31-45-79(46-32-20-14-8-2,47-33-21-15-9-3)77-58-44-43-57-59(60(58)78-80(48-34-22-16-10-4,49-35-23-17-11-5)50-36-24-18-12-6)68-75-66-56-42-30-29-41-55(56)64(73-66)71-62-52-38-26-25-37-51(52)61(69-62)70-63-53-39-27-28-40-54(53)65(72-63)74-67(57)76-68;/h51-76H,7-50H2,1-6H3;1H4. The van der Waals surface area contributed by atoms with Gasteiger partial charge in [-0.25, -0.2) is 0 Å². The van der Waals surface area contributed by atoms with Gasteiger partial charge in [-0.2, -0.15) is 0 Å². The first-order valence-electron chi connectivity index (χ1n) is 36.8. The highest BCUT2D eigenvalue weighted by molar-refractivity contribution is 6.74. The second-order valence-corrected chi connectivity index (χ2v) is 37.5. The van der Waals surface area contributed by atoms with Crippen molar-refractivity contribution in [3.05, 3.63) is 0 Å². The molecule has 0 aromatic carbocycles. The third-order valence-electron chi connectivity index (χ3n) is 23.6. The molecule has 0 radical (unpaired) electrons. The topological polar surface area (TPSA) is 115 Å². The highest BCUT2D eigenvalue weighted by atomic mass is 28.4. The number of nitrogens with one attached hydrogen (secondary N) is 8. The van der Waals surface area contributed by atoms with Crippen molar-refractivity contribution in [2.75, 3.05) is 0 Å². The van der Waals surface area contributed by atoms with Crippen molar-refractivity contribution in [3.8, 4) is 0 Å². The van der Waals surface area contributed by atoms with Crippen molar-refractivity contribution in [1.82, 2.24) is 42.5 Å². The highest BCUT2D eigenvalue weighted by Crippen LogP contribution is 2.50. The van der Waals surface area contributed by atoms with E-state index in [9.17, 15) is 0 Å². The van der Waals surface area contributed by atoms with Gasteiger partial charge in [0.15, 0.2) is 16.6 Å². The maximum Gasteiger partial charge on any atom is 0.193 e. The van der Waals surface area contributed by atoms with E-state index in [0.29, 0.717) is 78.2 Å². The summed E-state index contributed by atoms with van der Waals surface area (Å²) < 4.78 is 17.5. The van der Waals surface area contributed by atoms with E-state index >= 15 is 0 Å². The van der Waals surface area contributed by atoms with Crippen molar-refractivity contribution in [2.45, 2.75) is 383 Å². The molecule has 0 spiro atoms. The molecule has 13 heteroatoms. The van der Waals surface area contributed by atoms with Gasteiger partial charge in [0.25, 0.3) is 0 Å². The van der Waals surface area contributed by atoms with Gasteiger partial charge in [-0.3, -0.25) is 42.5 Å². The number of fused-ring (bicyclic) bond motifs is 20. The molecule has 9 fully saturated rings. The Kier molecular flexibility index (Phi) is 28.9. The molecule has 4 aliphatic carbocycles. The predicted molar refractivity (Wildman–Crippen MR) is 354 cm³/mol. The molecule has 81 heavy (non-hydrogen) atoms. The van der Waals surface area contributed by atoms with Gasteiger partial charge in [-0.15, -0.1) is 0 Å². The van der Waals surface area contributed by atoms with Crippen LogP contribution in [0.25, 0.3) is 0 Å². The average Bonchev–Trinajstić information content (AvgIpc) is 4.26. The molecule has 18 unspecified atom stereocenters. The van der Waals surface area contributed by atoms with E-state index in [0.717, 1.165) is 0 Å². The zero-order valence-electron chi connectivity index (χ0n) is 53.3. The van der Waals surface area contributed by atoms with E-state index in [1.807, 2.05) is 0 Å². The van der Waals surface area contributed by atoms with Crippen LogP contribution in [0.1, 0.15) is 286 Å². The van der Waals surface area contributed by atoms with Crippen LogP contribution in [0.3, 0.4) is 0 Å². The minimum absolute atomic E-state index is 0. The summed E-state index contributed by atoms with van der Waals surface area (Å²) in [5.41, 5.74) is 0. The maximum atomic E-state index is 8.87. The minimum Gasteiger partial charge on any atom is -0.411 e. The molecular weight excluding hydrogens is 1050 g/mol. The normalized spacial score (nSPS) is 36.7. The quantitative estimate of drug-likeness (QED) is 0.0234. The Balaban J connectivity index is 0.00000860. The van der Waals surface area contributed by atoms with Crippen molar-refractivity contribution >= 4 is 27.6 Å². The van der Waals surface area contributed by atoms with Crippen molar-refractivity contribution < 1.29 is 8.85 Å². The van der Waals surface area contributed by atoms with E-state index in [1.165, 1.54) is 280 Å². The fourth-order valence-electron chi connectivity index (χ4n) is 19.2. The third-order valence-corrected chi connectivity index (χ3v) is 32.8. The maximum absolute atomic E-state index is 8.87. The van der Waals surface area contributed by atoms with Crippen molar-refractivity contribution in [2.24, 2.45) is 47.3 Å². The summed E-state index contributed by atoms with van der Waals surface area (Å²) >= 11 is 0. The van der Waals surface area contributed by atoms with Gasteiger partial charge >= 0.3 is 0 Å². The molecule has 4 saturated carbocycles. The van der Waals surface area contributed by atoms with Crippen LogP contribution in [0.5, 0.6) is 0 Å². The lowest BCUT2D eigenvalue weighted by molar-refractivity contribution is -0.0547.